The number of hydrogen-bond donors (Lipinski definition) is 7. The molecule has 36 heteroatoms. The molecule has 33 nitrogen and oxygen atoms in total. The molecule has 0 saturated carbocycles. The van der Waals surface area contributed by atoms with Gasteiger partial charge in [-0.1, -0.05) is 107 Å². The standard InChI is InChI=1S/C18H21N3O2.C18H24N2O3.C15H20N2O2.C13H16N2O2.C11H16N2O.C11H14N2O.C6H13NO.C5H9ClO.C5H4FN.C5H7NO.C2H6O.CH4.H2NO.Na/c22-17-6-2-4-12-21(17)18(23)8-7-15-9-13-20(14-10-15)16-5-1-3-11-19-16;1-18(2,3)17(22)23-16(21)8-7-14-9-12-20(13-10-14)15-6-4-5-11-19-15;1-2-19-15(18)7-6-13-8-11-17(12-9-13)14-5-3-4-10-16-14;16-13(17)5-4-11-6-9-15(10-7-11)12-3-1-2-8-14-12;2*14-9-10-4-7-13(8-5-10)11-3-1-2-6-12-11;8-5-6-1-3-7-4-2-6;1-5(2,3)4(6)7;6-5-3-1-2-4-7-5;7-5-3-1-2-4-6-5;1-2-3;;1-2;/h1-3,5-8,11,15H,4,9-10,12-14H2;4-8,11,14H,9-10,12-13H2,1-3H3;3-7,10,13H,2,8-9,11-12H2,1H3;1-5,8,11H,6-7,9-10H2,(H,16,17);1-3,6,10,14H,4-5,7-9H2;1-3,6,9-10H,4-5,7-8H2;6-8H,1-5H2;1-3H3;1-4H;1,3H,2,4H2,(H,6,7);3H,2H2,1H3;1H4;1-2H;/q;;;;;;;;;;;;-1;+1/b2*8-7+;7-6+;5-4+;;;;;;;;;;. The van der Waals surface area contributed by atoms with Crippen LogP contribution >= 0.6 is 11.6 Å². The van der Waals surface area contributed by atoms with E-state index in [1.807, 2.05) is 165 Å². The molecule has 0 spiro atoms. The number of aromatic nitrogens is 7. The molecule has 9 aliphatic heterocycles. The van der Waals surface area contributed by atoms with Gasteiger partial charge in [-0.25, -0.2) is 49.3 Å². The summed E-state index contributed by atoms with van der Waals surface area (Å²) in [5, 5.41) is 45.7. The quantitative estimate of drug-likeness (QED) is 0.00613. The minimum absolute atomic E-state index is 0. The topological polar surface area (TPSA) is 434 Å². The number of amides is 3. The number of carboxylic acids is 1. The molecular weight excluding hydrogens is 1890 g/mol. The fraction of sp³-hybridized carbons (Fsp3) is 0.491. The number of pyridine rings is 7. The summed E-state index contributed by atoms with van der Waals surface area (Å²) in [6, 6.07) is 40.2. The Morgan fingerprint density at radius 3 is 1.01 bits per heavy atom. The zero-order valence-electron chi connectivity index (χ0n) is 85.9. The van der Waals surface area contributed by atoms with Gasteiger partial charge in [0.15, 0.2) is 0 Å². The van der Waals surface area contributed by atoms with Crippen LogP contribution in [-0.4, -0.2) is 250 Å². The molecule has 9 aliphatic rings. The summed E-state index contributed by atoms with van der Waals surface area (Å²) in [6.45, 7) is 30.3. The van der Waals surface area contributed by atoms with E-state index in [0.29, 0.717) is 61.9 Å². The normalized spacial score (nSPS) is 16.8. The van der Waals surface area contributed by atoms with Crippen LogP contribution in [0.25, 0.3) is 5.90 Å². The number of carbonyl (C=O) groups is 9. The van der Waals surface area contributed by atoms with Gasteiger partial charge in [0.1, 0.15) is 41.2 Å². The molecule has 146 heavy (non-hydrogen) atoms. The van der Waals surface area contributed by atoms with Gasteiger partial charge < -0.3 is 85.8 Å². The Hall–Kier alpha value is -11.7. The first-order valence-corrected chi connectivity index (χ1v) is 50.2. The third-order valence-corrected chi connectivity index (χ3v) is 24.4. The second-order valence-electron chi connectivity index (χ2n) is 36.9. The maximum atomic E-state index is 12.1. The number of aliphatic hydroxyl groups excluding tert-OH is 3. The maximum absolute atomic E-state index is 12.1. The van der Waals surface area contributed by atoms with Crippen LogP contribution in [0.2, 0.25) is 0 Å². The number of carbonyl (C=O) groups excluding carboxylic acids is 8. The van der Waals surface area contributed by atoms with Crippen molar-refractivity contribution in [1.29, 1.82) is 0 Å². The first kappa shape index (κ1) is 128. The third kappa shape index (κ3) is 54.6. The third-order valence-electron chi connectivity index (χ3n) is 23.9. The van der Waals surface area contributed by atoms with Crippen molar-refractivity contribution in [2.45, 2.75) is 166 Å². The van der Waals surface area contributed by atoms with Crippen LogP contribution in [-0.2, 0) is 52.6 Å². The zero-order chi connectivity index (χ0) is 105. The average Bonchev–Trinajstić information content (AvgIpc) is 1.04. The number of nitrogens with one attached hydrogen (secondary N) is 3. The van der Waals surface area contributed by atoms with Gasteiger partial charge in [-0.15, -0.1) is 0 Å². The number of aldehydes is 1. The Balaban J connectivity index is 0.000000424. The van der Waals surface area contributed by atoms with Crippen molar-refractivity contribution in [3.8, 4) is 0 Å². The second kappa shape index (κ2) is 75.9. The van der Waals surface area contributed by atoms with Crippen LogP contribution in [0.1, 0.15) is 166 Å². The number of anilines is 6. The van der Waals surface area contributed by atoms with Gasteiger partial charge >= 0.3 is 53.4 Å². The Bertz CT molecular complexity index is 4900. The minimum Gasteiger partial charge on any atom is -0.553 e. The summed E-state index contributed by atoms with van der Waals surface area (Å²) in [6.07, 6.45) is 49.5. The molecule has 16 heterocycles. The fourth-order valence-corrected chi connectivity index (χ4v) is 15.3. The van der Waals surface area contributed by atoms with Gasteiger partial charge in [0, 0.05) is 184 Å². The SMILES string of the molecule is C.CC(C)(C)C(=O)Cl.CC(C)(C)C(=O)OC(=O)/C=C/C1CCN(c2ccccn2)CC1.CCO.CCOC(=O)/C=C/C1CCN(c2ccccn2)CC1.Fc1ccccn1.O=C(O)/C=C/C1CCN(c2ccccn2)CC1.O=C1C=CCCN1.O=C1C=CCCN1C(=O)/C=C/C1CCN(c2ccccn2)CC1.O=CC1CCN(c2ccccn2)CC1.OCC1CCN(c2ccccn2)CC1.OCC1CCNCC1.[NH-]O.[Na+]. The number of allylic oxidation sites excluding steroid dienone is 4. The predicted octanol–water partition coefficient (Wildman–Crippen LogP) is 13.4. The Kier molecular flexibility index (Phi) is 66.8. The Morgan fingerprint density at radius 1 is 0.438 bits per heavy atom. The summed E-state index contributed by atoms with van der Waals surface area (Å²) in [7, 11) is 0. The van der Waals surface area contributed by atoms with Gasteiger partial charge in [-0.2, -0.15) is 4.39 Å². The number of ether oxygens (including phenoxy) is 2. The summed E-state index contributed by atoms with van der Waals surface area (Å²) < 4.78 is 21.5. The van der Waals surface area contributed by atoms with Crippen molar-refractivity contribution in [2.75, 3.05) is 161 Å². The number of imide groups is 1. The molecule has 7 aromatic rings. The summed E-state index contributed by atoms with van der Waals surface area (Å²) in [5.74, 6) is 10.8. The van der Waals surface area contributed by atoms with Crippen molar-refractivity contribution in [1.82, 2.24) is 50.4 Å². The first-order chi connectivity index (χ1) is 69.5. The van der Waals surface area contributed by atoms with E-state index >= 15 is 0 Å². The maximum Gasteiger partial charge on any atom is 1.00 e. The molecule has 792 valence electrons. The molecule has 7 saturated heterocycles. The molecule has 7 fully saturated rings. The number of hydrogen-bond acceptors (Lipinski definition) is 29. The fourth-order valence-electron chi connectivity index (χ4n) is 15.3. The first-order valence-electron chi connectivity index (χ1n) is 49.8. The molecular formula is C110H156ClFN17NaO16. The van der Waals surface area contributed by atoms with Gasteiger partial charge in [0.05, 0.1) is 12.0 Å². The van der Waals surface area contributed by atoms with Crippen LogP contribution in [0.5, 0.6) is 0 Å². The summed E-state index contributed by atoms with van der Waals surface area (Å²) >= 11 is 5.11. The summed E-state index contributed by atoms with van der Waals surface area (Å²) in [4.78, 5) is 144. The van der Waals surface area contributed by atoms with Crippen LogP contribution in [0.15, 0.2) is 244 Å². The molecule has 0 atom stereocenters. The Labute approximate surface area is 890 Å². The van der Waals surface area contributed by atoms with Crippen molar-refractivity contribution in [3.05, 3.63) is 256 Å². The molecule has 0 unspecified atom stereocenters. The monoisotopic (exact) mass is 2050 g/mol. The smallest absolute Gasteiger partial charge is 0.553 e. The van der Waals surface area contributed by atoms with Crippen LogP contribution < -0.4 is 69.6 Å². The predicted molar refractivity (Wildman–Crippen MR) is 570 cm³/mol. The molecule has 0 aliphatic carbocycles. The van der Waals surface area contributed by atoms with Crippen LogP contribution in [0, 0.1) is 58.2 Å². The van der Waals surface area contributed by atoms with Crippen LogP contribution in [0.4, 0.5) is 39.3 Å². The van der Waals surface area contributed by atoms with Crippen molar-refractivity contribution < 1.29 is 112 Å². The van der Waals surface area contributed by atoms with E-state index in [9.17, 15) is 47.5 Å². The number of carboxylic acid groups (broad SMARTS) is 1. The number of aliphatic hydroxyl groups is 3. The molecule has 0 aromatic carbocycles. The average molecular weight is 2050 g/mol. The number of halogens is 2. The van der Waals surface area contributed by atoms with E-state index in [4.69, 9.17) is 52.6 Å². The molecule has 16 rings (SSSR count). The van der Waals surface area contributed by atoms with Gasteiger partial charge in [0.2, 0.25) is 17.1 Å². The molecule has 7 aromatic heterocycles. The number of aliphatic carboxylic acids is 1. The Morgan fingerprint density at radius 2 is 0.753 bits per heavy atom. The molecule has 8 N–H and O–H groups in total. The number of rotatable bonds is 18. The van der Waals surface area contributed by atoms with Crippen molar-refractivity contribution >= 4 is 99.6 Å². The number of piperidine rings is 7. The van der Waals surface area contributed by atoms with Crippen molar-refractivity contribution in [2.24, 2.45) is 52.3 Å². The van der Waals surface area contributed by atoms with E-state index in [0.717, 1.165) is 242 Å². The van der Waals surface area contributed by atoms with Crippen molar-refractivity contribution in [3.63, 3.8) is 0 Å². The van der Waals surface area contributed by atoms with Crippen LogP contribution in [0.3, 0.4) is 0 Å². The zero-order valence-corrected chi connectivity index (χ0v) is 88.7. The summed E-state index contributed by atoms with van der Waals surface area (Å²) in [5.41, 5.74) is -1.04. The van der Waals surface area contributed by atoms with E-state index in [-0.39, 0.29) is 83.9 Å². The molecule has 0 bridgehead atoms. The molecule has 0 radical (unpaired) electrons. The van der Waals surface area contributed by atoms with E-state index < -0.39 is 29.3 Å². The largest absolute Gasteiger partial charge is 1.00 e. The van der Waals surface area contributed by atoms with E-state index in [1.165, 1.54) is 35.4 Å². The van der Waals surface area contributed by atoms with E-state index in [2.05, 4.69) is 74.9 Å². The van der Waals surface area contributed by atoms with E-state index in [1.54, 1.807) is 103 Å². The molecule has 3 amide bonds. The number of nitrogens with zero attached hydrogens (tertiary/aromatic N) is 14. The van der Waals surface area contributed by atoms with Gasteiger partial charge in [-0.3, -0.25) is 28.9 Å². The minimum atomic E-state index is -0.864. The van der Waals surface area contributed by atoms with Gasteiger partial charge in [-0.05, 0) is 301 Å². The van der Waals surface area contributed by atoms with Gasteiger partial charge in [0.25, 0.3) is 11.8 Å². The second-order valence-corrected chi connectivity index (χ2v) is 37.2. The number of esters is 3.